The zero-order valence-corrected chi connectivity index (χ0v) is 9.32. The highest BCUT2D eigenvalue weighted by atomic mass is 16.4. The molecule has 1 aromatic carbocycles. The SMILES string of the molecule is O=C(O)c1ccccc1-c1cc2ncccn2n1. The maximum absolute atomic E-state index is 11.2. The van der Waals surface area contributed by atoms with Gasteiger partial charge < -0.3 is 5.11 Å². The van der Waals surface area contributed by atoms with Crippen LogP contribution in [0.5, 0.6) is 0 Å². The monoisotopic (exact) mass is 239 g/mol. The van der Waals surface area contributed by atoms with Crippen molar-refractivity contribution in [2.45, 2.75) is 0 Å². The van der Waals surface area contributed by atoms with Crippen molar-refractivity contribution in [2.24, 2.45) is 0 Å². The number of hydrogen-bond donors (Lipinski definition) is 1. The maximum Gasteiger partial charge on any atom is 0.336 e. The van der Waals surface area contributed by atoms with Gasteiger partial charge in [0, 0.05) is 24.0 Å². The third-order valence-corrected chi connectivity index (χ3v) is 2.67. The predicted molar refractivity (Wildman–Crippen MR) is 65.4 cm³/mol. The zero-order chi connectivity index (χ0) is 12.5. The molecule has 1 N–H and O–H groups in total. The van der Waals surface area contributed by atoms with Crippen LogP contribution in [0.2, 0.25) is 0 Å². The Hall–Kier alpha value is -2.69. The van der Waals surface area contributed by atoms with Crippen molar-refractivity contribution in [3.8, 4) is 11.3 Å². The number of carboxylic acids is 1. The molecule has 3 rings (SSSR count). The van der Waals surface area contributed by atoms with E-state index >= 15 is 0 Å². The van der Waals surface area contributed by atoms with E-state index in [-0.39, 0.29) is 5.56 Å². The van der Waals surface area contributed by atoms with Gasteiger partial charge in [-0.3, -0.25) is 0 Å². The van der Waals surface area contributed by atoms with Crippen LogP contribution in [0, 0.1) is 0 Å². The number of aromatic carboxylic acids is 1. The van der Waals surface area contributed by atoms with Gasteiger partial charge in [0.1, 0.15) is 0 Å². The number of hydrogen-bond acceptors (Lipinski definition) is 3. The molecule has 0 saturated heterocycles. The molecule has 5 nitrogen and oxygen atoms in total. The molecule has 0 fully saturated rings. The van der Waals surface area contributed by atoms with Crippen LogP contribution in [0.25, 0.3) is 16.9 Å². The Morgan fingerprint density at radius 2 is 2.06 bits per heavy atom. The standard InChI is InChI=1S/C13H9N3O2/c17-13(18)10-5-2-1-4-9(10)11-8-12-14-6-3-7-16(12)15-11/h1-8H,(H,17,18). The summed E-state index contributed by atoms with van der Waals surface area (Å²) >= 11 is 0. The summed E-state index contributed by atoms with van der Waals surface area (Å²) in [6.07, 6.45) is 3.44. The Bertz CT molecular complexity index is 701. The predicted octanol–water partition coefficient (Wildman–Crippen LogP) is 2.09. The van der Waals surface area contributed by atoms with Crippen LogP contribution in [-0.2, 0) is 0 Å². The van der Waals surface area contributed by atoms with E-state index < -0.39 is 5.97 Å². The summed E-state index contributed by atoms with van der Waals surface area (Å²) in [5.74, 6) is -0.962. The van der Waals surface area contributed by atoms with Gasteiger partial charge in [0.05, 0.1) is 11.3 Å². The number of carbonyl (C=O) groups is 1. The van der Waals surface area contributed by atoms with Gasteiger partial charge in [-0.1, -0.05) is 18.2 Å². The van der Waals surface area contributed by atoms with Crippen LogP contribution < -0.4 is 0 Å². The molecule has 0 amide bonds. The Balaban J connectivity index is 2.23. The number of nitrogens with zero attached hydrogens (tertiary/aromatic N) is 3. The number of rotatable bonds is 2. The van der Waals surface area contributed by atoms with Crippen LogP contribution in [0.15, 0.2) is 48.8 Å². The molecular formula is C13H9N3O2. The van der Waals surface area contributed by atoms with Gasteiger partial charge in [-0.2, -0.15) is 5.10 Å². The summed E-state index contributed by atoms with van der Waals surface area (Å²) in [6, 6.07) is 10.3. The second-order valence-electron chi connectivity index (χ2n) is 3.80. The summed E-state index contributed by atoms with van der Waals surface area (Å²) in [7, 11) is 0. The van der Waals surface area contributed by atoms with Gasteiger partial charge in [0.25, 0.3) is 0 Å². The first kappa shape index (κ1) is 10.5. The van der Waals surface area contributed by atoms with E-state index in [1.807, 2.05) is 0 Å². The van der Waals surface area contributed by atoms with Gasteiger partial charge in [-0.15, -0.1) is 0 Å². The van der Waals surface area contributed by atoms with Crippen molar-refractivity contribution < 1.29 is 9.90 Å². The molecule has 0 bridgehead atoms. The number of benzene rings is 1. The quantitative estimate of drug-likeness (QED) is 0.743. The third-order valence-electron chi connectivity index (χ3n) is 2.67. The van der Waals surface area contributed by atoms with Gasteiger partial charge in [-0.25, -0.2) is 14.3 Å². The number of aromatic nitrogens is 3. The Morgan fingerprint density at radius 3 is 2.83 bits per heavy atom. The molecule has 18 heavy (non-hydrogen) atoms. The molecule has 0 aliphatic carbocycles. The van der Waals surface area contributed by atoms with Crippen molar-refractivity contribution in [1.29, 1.82) is 0 Å². The van der Waals surface area contributed by atoms with E-state index in [1.54, 1.807) is 53.3 Å². The second-order valence-corrected chi connectivity index (χ2v) is 3.80. The first-order chi connectivity index (χ1) is 8.75. The minimum atomic E-state index is -0.962. The zero-order valence-electron chi connectivity index (χ0n) is 9.32. The summed E-state index contributed by atoms with van der Waals surface area (Å²) < 4.78 is 1.62. The molecule has 3 aromatic rings. The second kappa shape index (κ2) is 3.96. The lowest BCUT2D eigenvalue weighted by Crippen LogP contribution is -1.99. The summed E-state index contributed by atoms with van der Waals surface area (Å²) in [5.41, 5.74) is 2.12. The van der Waals surface area contributed by atoms with Crippen molar-refractivity contribution in [3.63, 3.8) is 0 Å². The molecule has 2 aromatic heterocycles. The van der Waals surface area contributed by atoms with E-state index in [2.05, 4.69) is 10.1 Å². The average Bonchev–Trinajstić information content (AvgIpc) is 2.82. The summed E-state index contributed by atoms with van der Waals surface area (Å²) in [5, 5.41) is 13.5. The van der Waals surface area contributed by atoms with Crippen molar-refractivity contribution in [2.75, 3.05) is 0 Å². The summed E-state index contributed by atoms with van der Waals surface area (Å²) in [4.78, 5) is 15.3. The van der Waals surface area contributed by atoms with E-state index in [0.717, 1.165) is 0 Å². The fourth-order valence-electron chi connectivity index (χ4n) is 1.85. The lowest BCUT2D eigenvalue weighted by atomic mass is 10.1. The largest absolute Gasteiger partial charge is 0.478 e. The van der Waals surface area contributed by atoms with E-state index in [0.29, 0.717) is 16.9 Å². The molecule has 0 spiro atoms. The van der Waals surface area contributed by atoms with Gasteiger partial charge in [0.2, 0.25) is 0 Å². The van der Waals surface area contributed by atoms with Crippen LogP contribution in [0.3, 0.4) is 0 Å². The van der Waals surface area contributed by atoms with E-state index in [1.165, 1.54) is 0 Å². The highest BCUT2D eigenvalue weighted by Gasteiger charge is 2.13. The topological polar surface area (TPSA) is 67.5 Å². The van der Waals surface area contributed by atoms with Crippen LogP contribution in [0.4, 0.5) is 0 Å². The van der Waals surface area contributed by atoms with Crippen molar-refractivity contribution in [1.82, 2.24) is 14.6 Å². The lowest BCUT2D eigenvalue weighted by Gasteiger charge is -2.01. The highest BCUT2D eigenvalue weighted by molar-refractivity contribution is 5.95. The average molecular weight is 239 g/mol. The Labute approximate surface area is 102 Å². The first-order valence-corrected chi connectivity index (χ1v) is 5.39. The maximum atomic E-state index is 11.2. The molecule has 0 saturated carbocycles. The van der Waals surface area contributed by atoms with Crippen LogP contribution in [-0.4, -0.2) is 25.7 Å². The fraction of sp³-hybridized carbons (Fsp3) is 0. The third kappa shape index (κ3) is 1.62. The van der Waals surface area contributed by atoms with Crippen molar-refractivity contribution in [3.05, 3.63) is 54.4 Å². The van der Waals surface area contributed by atoms with Crippen LogP contribution in [0.1, 0.15) is 10.4 Å². The lowest BCUT2D eigenvalue weighted by molar-refractivity contribution is 0.0697. The molecule has 5 heteroatoms. The minimum absolute atomic E-state index is 0.237. The van der Waals surface area contributed by atoms with E-state index in [4.69, 9.17) is 5.11 Å². The molecule has 0 atom stereocenters. The molecule has 88 valence electrons. The number of carboxylic acid groups (broad SMARTS) is 1. The molecule has 2 heterocycles. The molecule has 0 unspecified atom stereocenters. The summed E-state index contributed by atoms with van der Waals surface area (Å²) in [6.45, 7) is 0. The van der Waals surface area contributed by atoms with Crippen molar-refractivity contribution >= 4 is 11.6 Å². The first-order valence-electron chi connectivity index (χ1n) is 5.39. The van der Waals surface area contributed by atoms with Gasteiger partial charge in [-0.05, 0) is 12.1 Å². The van der Waals surface area contributed by atoms with Gasteiger partial charge in [0.15, 0.2) is 5.65 Å². The minimum Gasteiger partial charge on any atom is -0.478 e. The molecule has 0 radical (unpaired) electrons. The normalized spacial score (nSPS) is 10.7. The Kier molecular flexibility index (Phi) is 2.30. The van der Waals surface area contributed by atoms with Crippen LogP contribution >= 0.6 is 0 Å². The van der Waals surface area contributed by atoms with E-state index in [9.17, 15) is 4.79 Å². The molecule has 0 aliphatic heterocycles. The Morgan fingerprint density at radius 1 is 1.22 bits per heavy atom. The fourth-order valence-corrected chi connectivity index (χ4v) is 1.85. The van der Waals surface area contributed by atoms with Gasteiger partial charge >= 0.3 is 5.97 Å². The smallest absolute Gasteiger partial charge is 0.336 e. The molecule has 0 aliphatic rings. The molecular weight excluding hydrogens is 230 g/mol. The number of fused-ring (bicyclic) bond motifs is 1. The highest BCUT2D eigenvalue weighted by Crippen LogP contribution is 2.23.